The summed E-state index contributed by atoms with van der Waals surface area (Å²) in [7, 11) is 0. The summed E-state index contributed by atoms with van der Waals surface area (Å²) in [4.78, 5) is 40.1. The van der Waals surface area contributed by atoms with E-state index in [4.69, 9.17) is 9.47 Å². The second kappa shape index (κ2) is 12.0. The summed E-state index contributed by atoms with van der Waals surface area (Å²) in [5.74, 6) is -1.51. The highest BCUT2D eigenvalue weighted by atomic mass is 19.1. The van der Waals surface area contributed by atoms with Crippen molar-refractivity contribution in [1.82, 2.24) is 15.5 Å². The number of amides is 3. The molecule has 0 aromatic heterocycles. The number of carbonyl (C=O) groups is 3. The fourth-order valence-electron chi connectivity index (χ4n) is 5.66. The van der Waals surface area contributed by atoms with Crippen molar-refractivity contribution in [3.05, 3.63) is 94.8 Å². The summed E-state index contributed by atoms with van der Waals surface area (Å²) in [6.45, 7) is 6.03. The first kappa shape index (κ1) is 30.0. The van der Waals surface area contributed by atoms with Crippen LogP contribution in [0.25, 0.3) is 11.1 Å². The highest BCUT2D eigenvalue weighted by molar-refractivity contribution is 5.87. The lowest BCUT2D eigenvalue weighted by Crippen LogP contribution is -2.50. The number of benzene rings is 3. The zero-order chi connectivity index (χ0) is 30.9. The van der Waals surface area contributed by atoms with Gasteiger partial charge in [-0.05, 0) is 55.5 Å². The molecule has 3 aromatic rings. The van der Waals surface area contributed by atoms with Crippen LogP contribution in [0.3, 0.4) is 0 Å². The second-order valence-electron chi connectivity index (χ2n) is 11.9. The number of likely N-dealkylation sites (tertiary alicyclic amines) is 1. The average Bonchev–Trinajstić information content (AvgIpc) is 3.46. The number of hydrogen-bond acceptors (Lipinski definition) is 5. The molecule has 10 heteroatoms. The van der Waals surface area contributed by atoms with Crippen LogP contribution >= 0.6 is 0 Å². The van der Waals surface area contributed by atoms with Crippen LogP contribution in [0.5, 0.6) is 0 Å². The van der Waals surface area contributed by atoms with Crippen molar-refractivity contribution >= 4 is 18.1 Å². The van der Waals surface area contributed by atoms with E-state index in [2.05, 4.69) is 10.6 Å². The summed E-state index contributed by atoms with van der Waals surface area (Å²) in [5, 5.41) is 5.03. The van der Waals surface area contributed by atoms with Gasteiger partial charge in [0.1, 0.15) is 24.1 Å². The number of fused-ring (bicyclic) bond motifs is 3. The van der Waals surface area contributed by atoms with Gasteiger partial charge in [-0.3, -0.25) is 9.69 Å². The fourth-order valence-corrected chi connectivity index (χ4v) is 5.66. The Balaban J connectivity index is 1.27. The van der Waals surface area contributed by atoms with Crippen LogP contribution in [0, 0.1) is 12.7 Å². The largest absolute Gasteiger partial charge is 0.449 e. The second-order valence-corrected chi connectivity index (χ2v) is 11.9. The lowest BCUT2D eigenvalue weighted by atomic mass is 9.98. The summed E-state index contributed by atoms with van der Waals surface area (Å²) in [5.41, 5.74) is 3.90. The number of nitrogens with zero attached hydrogens (tertiary/aromatic N) is 1. The van der Waals surface area contributed by atoms with Gasteiger partial charge in [0.15, 0.2) is 6.17 Å². The first-order valence-corrected chi connectivity index (χ1v) is 14.2. The molecule has 3 amide bonds. The molecule has 0 spiro atoms. The lowest BCUT2D eigenvalue weighted by molar-refractivity contribution is -0.127. The first-order chi connectivity index (χ1) is 20.4. The fraction of sp³-hybridized carbons (Fsp3) is 0.364. The zero-order valence-electron chi connectivity index (χ0n) is 24.5. The van der Waals surface area contributed by atoms with Crippen molar-refractivity contribution in [1.29, 1.82) is 0 Å². The molecule has 5 rings (SSSR count). The Bertz CT molecular complexity index is 1490. The highest BCUT2D eigenvalue weighted by Crippen LogP contribution is 2.44. The zero-order valence-corrected chi connectivity index (χ0v) is 24.5. The number of halogens is 2. The van der Waals surface area contributed by atoms with Gasteiger partial charge in [-0.25, -0.2) is 18.4 Å². The standard InChI is InChI=1S/C33H35F2N3O5/c1-19-10-9-11-20(27(19)34)16-36-30(39)29-28(35)26(17-38(29)32(41)43-33(2,3)4)37-31(40)42-18-25-23-14-7-5-12-21(23)22-13-6-8-15-24(22)25/h5-15,25-26,28-29H,16-18H2,1-4H3,(H,36,39)(H,37,40)/t26-,28+,29+/m1/s1. The van der Waals surface area contributed by atoms with Gasteiger partial charge in [-0.2, -0.15) is 0 Å². The van der Waals surface area contributed by atoms with E-state index < -0.39 is 47.8 Å². The number of alkyl halides is 1. The Labute approximate surface area is 249 Å². The third kappa shape index (κ3) is 6.33. The SMILES string of the molecule is Cc1cccc(CNC(=O)[C@@H]2[C@@H](F)[C@H](NC(=O)OCC3c4ccccc4-c4ccccc43)CN2C(=O)OC(C)(C)C)c1F. The van der Waals surface area contributed by atoms with Gasteiger partial charge in [0.25, 0.3) is 0 Å². The molecule has 2 N–H and O–H groups in total. The van der Waals surface area contributed by atoms with Crippen molar-refractivity contribution < 1.29 is 32.6 Å². The lowest BCUT2D eigenvalue weighted by Gasteiger charge is -2.28. The minimum absolute atomic E-state index is 0.0191. The minimum atomic E-state index is -1.98. The quantitative estimate of drug-likeness (QED) is 0.388. The summed E-state index contributed by atoms with van der Waals surface area (Å²) >= 11 is 0. The number of nitrogens with one attached hydrogen (secondary N) is 2. The Morgan fingerprint density at radius 1 is 0.953 bits per heavy atom. The van der Waals surface area contributed by atoms with Crippen molar-refractivity contribution in [2.75, 3.05) is 13.2 Å². The monoisotopic (exact) mass is 591 g/mol. The minimum Gasteiger partial charge on any atom is -0.449 e. The molecule has 0 radical (unpaired) electrons. The molecule has 3 atom stereocenters. The number of aryl methyl sites for hydroxylation is 1. The molecule has 1 aliphatic heterocycles. The maximum Gasteiger partial charge on any atom is 0.411 e. The van der Waals surface area contributed by atoms with E-state index in [-0.39, 0.29) is 31.2 Å². The highest BCUT2D eigenvalue weighted by Gasteiger charge is 2.50. The molecule has 1 saturated heterocycles. The average molecular weight is 592 g/mol. The van der Waals surface area contributed by atoms with Gasteiger partial charge in [-0.15, -0.1) is 0 Å². The predicted molar refractivity (Wildman–Crippen MR) is 157 cm³/mol. The molecule has 1 heterocycles. The van der Waals surface area contributed by atoms with E-state index in [9.17, 15) is 18.8 Å². The van der Waals surface area contributed by atoms with Gasteiger partial charge in [0.2, 0.25) is 5.91 Å². The van der Waals surface area contributed by atoms with Crippen LogP contribution in [0.2, 0.25) is 0 Å². The molecule has 43 heavy (non-hydrogen) atoms. The van der Waals surface area contributed by atoms with E-state index in [1.165, 1.54) is 6.07 Å². The van der Waals surface area contributed by atoms with Gasteiger partial charge < -0.3 is 20.1 Å². The smallest absolute Gasteiger partial charge is 0.411 e. The summed E-state index contributed by atoms with van der Waals surface area (Å²) < 4.78 is 41.3. The van der Waals surface area contributed by atoms with Gasteiger partial charge >= 0.3 is 12.2 Å². The first-order valence-electron chi connectivity index (χ1n) is 14.2. The molecule has 8 nitrogen and oxygen atoms in total. The molecule has 0 saturated carbocycles. The number of rotatable bonds is 6. The topological polar surface area (TPSA) is 97.0 Å². The Kier molecular flexibility index (Phi) is 8.39. The number of alkyl carbamates (subject to hydrolysis) is 1. The Morgan fingerprint density at radius 3 is 2.21 bits per heavy atom. The number of ether oxygens (including phenoxy) is 2. The van der Waals surface area contributed by atoms with Gasteiger partial charge in [-0.1, -0.05) is 66.7 Å². The third-order valence-corrected chi connectivity index (χ3v) is 7.68. The van der Waals surface area contributed by atoms with Crippen LogP contribution in [-0.2, 0) is 20.8 Å². The molecule has 0 unspecified atom stereocenters. The van der Waals surface area contributed by atoms with Crippen LogP contribution in [0.1, 0.15) is 48.9 Å². The van der Waals surface area contributed by atoms with Crippen LogP contribution in [-0.4, -0.2) is 60.0 Å². The number of hydrogen-bond donors (Lipinski definition) is 2. The van der Waals surface area contributed by atoms with E-state index in [0.29, 0.717) is 5.56 Å². The third-order valence-electron chi connectivity index (χ3n) is 7.68. The summed E-state index contributed by atoms with van der Waals surface area (Å²) in [6.07, 6.45) is -3.76. The van der Waals surface area contributed by atoms with Crippen LogP contribution in [0.4, 0.5) is 18.4 Å². The molecular formula is C33H35F2N3O5. The van der Waals surface area contributed by atoms with E-state index >= 15 is 4.39 Å². The number of carbonyl (C=O) groups excluding carboxylic acids is 3. The van der Waals surface area contributed by atoms with Gasteiger partial charge in [0, 0.05) is 24.6 Å². The Morgan fingerprint density at radius 2 is 1.58 bits per heavy atom. The molecule has 1 fully saturated rings. The van der Waals surface area contributed by atoms with Gasteiger partial charge in [0.05, 0.1) is 6.04 Å². The molecular weight excluding hydrogens is 556 g/mol. The van der Waals surface area contributed by atoms with Crippen LogP contribution < -0.4 is 10.6 Å². The summed E-state index contributed by atoms with van der Waals surface area (Å²) in [6, 6.07) is 17.7. The maximum atomic E-state index is 15.9. The predicted octanol–water partition coefficient (Wildman–Crippen LogP) is 5.62. The molecule has 0 bridgehead atoms. The van der Waals surface area contributed by atoms with E-state index in [0.717, 1.165) is 27.2 Å². The molecule has 1 aliphatic carbocycles. The van der Waals surface area contributed by atoms with E-state index in [1.807, 2.05) is 48.5 Å². The normalized spacial score (nSPS) is 19.4. The molecule has 3 aromatic carbocycles. The van der Waals surface area contributed by atoms with Crippen molar-refractivity contribution in [2.24, 2.45) is 0 Å². The Hall–Kier alpha value is -4.47. The maximum absolute atomic E-state index is 15.9. The van der Waals surface area contributed by atoms with Crippen molar-refractivity contribution in [3.8, 4) is 11.1 Å². The van der Waals surface area contributed by atoms with Crippen molar-refractivity contribution in [2.45, 2.75) is 64.0 Å². The molecule has 226 valence electrons. The molecule has 2 aliphatic rings. The van der Waals surface area contributed by atoms with Crippen LogP contribution in [0.15, 0.2) is 66.7 Å². The van der Waals surface area contributed by atoms with E-state index in [1.54, 1.807) is 39.8 Å². The van der Waals surface area contributed by atoms with Crippen molar-refractivity contribution in [3.63, 3.8) is 0 Å².